The third-order valence-electron chi connectivity index (χ3n) is 4.90. The van der Waals surface area contributed by atoms with Crippen molar-refractivity contribution in [2.45, 2.75) is 32.4 Å². The standard InChI is InChI=1S/C21H22N4/c1-15(2)21-23-19-8-3-4-9-20(19)25(21)18-13-24(14-18)12-17-7-5-6-16(10-17)11-22/h3-10,15,18H,12-14H2,1-2H3. The van der Waals surface area contributed by atoms with Crippen LogP contribution in [0.4, 0.5) is 0 Å². The molecule has 0 N–H and O–H groups in total. The highest BCUT2D eigenvalue weighted by Crippen LogP contribution is 2.31. The fourth-order valence-corrected chi connectivity index (χ4v) is 3.69. The smallest absolute Gasteiger partial charge is 0.112 e. The Kier molecular flexibility index (Phi) is 4.03. The van der Waals surface area contributed by atoms with Gasteiger partial charge in [0.15, 0.2) is 0 Å². The molecule has 2 aromatic carbocycles. The van der Waals surface area contributed by atoms with Gasteiger partial charge in [0, 0.05) is 25.6 Å². The number of aromatic nitrogens is 2. The molecule has 0 radical (unpaired) electrons. The van der Waals surface area contributed by atoms with E-state index in [1.54, 1.807) is 0 Å². The SMILES string of the molecule is CC(C)c1nc2ccccc2n1C1CN(Cc2cccc(C#N)c2)C1. The van der Waals surface area contributed by atoms with E-state index in [-0.39, 0.29) is 0 Å². The molecule has 1 aliphatic heterocycles. The third kappa shape index (κ3) is 2.92. The van der Waals surface area contributed by atoms with Gasteiger partial charge in [0.25, 0.3) is 0 Å². The zero-order chi connectivity index (χ0) is 17.4. The average molecular weight is 330 g/mol. The lowest BCUT2D eigenvalue weighted by atomic mass is 10.0. The minimum Gasteiger partial charge on any atom is -0.322 e. The van der Waals surface area contributed by atoms with Crippen LogP contribution in [0.3, 0.4) is 0 Å². The van der Waals surface area contributed by atoms with Gasteiger partial charge in [-0.3, -0.25) is 4.90 Å². The number of nitriles is 1. The first-order chi connectivity index (χ1) is 12.2. The molecule has 2 heterocycles. The molecule has 1 saturated heterocycles. The van der Waals surface area contributed by atoms with E-state index < -0.39 is 0 Å². The quantitative estimate of drug-likeness (QED) is 0.724. The van der Waals surface area contributed by atoms with Crippen LogP contribution in [0.2, 0.25) is 0 Å². The molecule has 1 aliphatic rings. The van der Waals surface area contributed by atoms with Crippen molar-refractivity contribution < 1.29 is 0 Å². The van der Waals surface area contributed by atoms with E-state index in [1.165, 1.54) is 16.9 Å². The van der Waals surface area contributed by atoms with Crippen LogP contribution in [0.5, 0.6) is 0 Å². The molecular formula is C21H22N4. The van der Waals surface area contributed by atoms with Gasteiger partial charge in [-0.05, 0) is 29.8 Å². The molecule has 0 amide bonds. The Morgan fingerprint density at radius 1 is 1.16 bits per heavy atom. The Morgan fingerprint density at radius 3 is 2.72 bits per heavy atom. The second-order valence-electron chi connectivity index (χ2n) is 7.14. The predicted octanol–water partition coefficient (Wildman–Crippen LogP) is 4.09. The summed E-state index contributed by atoms with van der Waals surface area (Å²) in [5.74, 6) is 1.59. The number of imidazole rings is 1. The lowest BCUT2D eigenvalue weighted by molar-refractivity contribution is 0.0990. The Labute approximate surface area is 148 Å². The van der Waals surface area contributed by atoms with Crippen molar-refractivity contribution in [1.82, 2.24) is 14.5 Å². The lowest BCUT2D eigenvalue weighted by Gasteiger charge is -2.41. The highest BCUT2D eigenvalue weighted by Gasteiger charge is 2.31. The Morgan fingerprint density at radius 2 is 1.96 bits per heavy atom. The Bertz CT molecular complexity index is 942. The summed E-state index contributed by atoms with van der Waals surface area (Å²) in [6.45, 7) is 7.37. The molecule has 4 nitrogen and oxygen atoms in total. The molecule has 0 unspecified atom stereocenters. The third-order valence-corrected chi connectivity index (χ3v) is 4.90. The first-order valence-corrected chi connectivity index (χ1v) is 8.84. The zero-order valence-electron chi connectivity index (χ0n) is 14.7. The van der Waals surface area contributed by atoms with Crippen LogP contribution < -0.4 is 0 Å². The van der Waals surface area contributed by atoms with Crippen molar-refractivity contribution in [3.05, 3.63) is 65.5 Å². The summed E-state index contributed by atoms with van der Waals surface area (Å²) in [6.07, 6.45) is 0. The molecule has 4 rings (SSSR count). The van der Waals surface area contributed by atoms with Gasteiger partial charge in [-0.1, -0.05) is 38.1 Å². The molecule has 1 fully saturated rings. The first-order valence-electron chi connectivity index (χ1n) is 8.84. The number of likely N-dealkylation sites (tertiary alicyclic amines) is 1. The predicted molar refractivity (Wildman–Crippen MR) is 99.3 cm³/mol. The van der Waals surface area contributed by atoms with Gasteiger partial charge < -0.3 is 4.57 Å². The van der Waals surface area contributed by atoms with Gasteiger partial charge in [-0.2, -0.15) is 5.26 Å². The molecule has 0 spiro atoms. The summed E-state index contributed by atoms with van der Waals surface area (Å²) in [6, 6.07) is 19.0. The summed E-state index contributed by atoms with van der Waals surface area (Å²) in [4.78, 5) is 7.29. The van der Waals surface area contributed by atoms with Crippen molar-refractivity contribution in [3.8, 4) is 6.07 Å². The van der Waals surface area contributed by atoms with Gasteiger partial charge in [0.2, 0.25) is 0 Å². The lowest BCUT2D eigenvalue weighted by Crippen LogP contribution is -2.47. The van der Waals surface area contributed by atoms with Crippen LogP contribution in [0.1, 0.15) is 42.8 Å². The summed E-state index contributed by atoms with van der Waals surface area (Å²) < 4.78 is 2.43. The molecule has 4 heteroatoms. The van der Waals surface area contributed by atoms with Crippen LogP contribution in [-0.2, 0) is 6.54 Å². The maximum absolute atomic E-state index is 9.04. The zero-order valence-corrected chi connectivity index (χ0v) is 14.7. The minimum atomic E-state index is 0.411. The van der Waals surface area contributed by atoms with E-state index in [9.17, 15) is 0 Å². The highest BCUT2D eigenvalue weighted by atomic mass is 15.3. The molecular weight excluding hydrogens is 308 g/mol. The summed E-state index contributed by atoms with van der Waals surface area (Å²) >= 11 is 0. The van der Waals surface area contributed by atoms with Crippen molar-refractivity contribution >= 4 is 11.0 Å². The largest absolute Gasteiger partial charge is 0.322 e. The maximum atomic E-state index is 9.04. The first kappa shape index (κ1) is 15.9. The summed E-state index contributed by atoms with van der Waals surface area (Å²) in [5.41, 5.74) is 4.27. The van der Waals surface area contributed by atoms with Crippen LogP contribution in [0.15, 0.2) is 48.5 Å². The molecule has 0 aliphatic carbocycles. The number of rotatable bonds is 4. The van der Waals surface area contributed by atoms with Crippen LogP contribution >= 0.6 is 0 Å². The van der Waals surface area contributed by atoms with Gasteiger partial charge in [0.1, 0.15) is 5.82 Å². The molecule has 0 bridgehead atoms. The van der Waals surface area contributed by atoms with E-state index >= 15 is 0 Å². The van der Waals surface area contributed by atoms with Crippen molar-refractivity contribution in [3.63, 3.8) is 0 Å². The van der Waals surface area contributed by atoms with Gasteiger partial charge in [-0.15, -0.1) is 0 Å². The second kappa shape index (κ2) is 6.34. The number of hydrogen-bond acceptors (Lipinski definition) is 3. The number of nitrogens with zero attached hydrogens (tertiary/aromatic N) is 4. The monoisotopic (exact) mass is 330 g/mol. The van der Waals surface area contributed by atoms with Gasteiger partial charge >= 0.3 is 0 Å². The van der Waals surface area contributed by atoms with Crippen molar-refractivity contribution in [2.75, 3.05) is 13.1 Å². The number of hydrogen-bond donors (Lipinski definition) is 0. The Balaban J connectivity index is 1.53. The molecule has 3 aromatic rings. The number of benzene rings is 2. The summed E-state index contributed by atoms with van der Waals surface area (Å²) in [5, 5.41) is 9.04. The van der Waals surface area contributed by atoms with Crippen LogP contribution in [-0.4, -0.2) is 27.5 Å². The van der Waals surface area contributed by atoms with Crippen molar-refractivity contribution in [2.24, 2.45) is 0 Å². The Hall–Kier alpha value is -2.64. The molecule has 126 valence electrons. The maximum Gasteiger partial charge on any atom is 0.112 e. The van der Waals surface area contributed by atoms with E-state index in [4.69, 9.17) is 10.2 Å². The molecule has 25 heavy (non-hydrogen) atoms. The molecule has 0 atom stereocenters. The normalized spacial score (nSPS) is 15.4. The second-order valence-corrected chi connectivity index (χ2v) is 7.14. The van der Waals surface area contributed by atoms with E-state index in [2.05, 4.69) is 59.7 Å². The number of para-hydroxylation sites is 2. The fraction of sp³-hybridized carbons (Fsp3) is 0.333. The van der Waals surface area contributed by atoms with Crippen LogP contribution in [0.25, 0.3) is 11.0 Å². The molecule has 1 aromatic heterocycles. The number of fused-ring (bicyclic) bond motifs is 1. The van der Waals surface area contributed by atoms with E-state index in [0.29, 0.717) is 12.0 Å². The van der Waals surface area contributed by atoms with Gasteiger partial charge in [-0.25, -0.2) is 4.98 Å². The van der Waals surface area contributed by atoms with Crippen molar-refractivity contribution in [1.29, 1.82) is 5.26 Å². The average Bonchev–Trinajstić information content (AvgIpc) is 2.97. The van der Waals surface area contributed by atoms with E-state index in [0.717, 1.165) is 30.7 Å². The fourth-order valence-electron chi connectivity index (χ4n) is 3.69. The molecule has 0 saturated carbocycles. The topological polar surface area (TPSA) is 44.9 Å². The highest BCUT2D eigenvalue weighted by molar-refractivity contribution is 5.76. The van der Waals surface area contributed by atoms with Crippen LogP contribution in [0, 0.1) is 11.3 Å². The minimum absolute atomic E-state index is 0.411. The van der Waals surface area contributed by atoms with Gasteiger partial charge in [0.05, 0.1) is 28.7 Å². The van der Waals surface area contributed by atoms with E-state index in [1.807, 2.05) is 18.2 Å². The summed E-state index contributed by atoms with van der Waals surface area (Å²) in [7, 11) is 0.